The fourth-order valence-corrected chi connectivity index (χ4v) is 5.21. The average molecular weight is 424 g/mol. The van der Waals surface area contributed by atoms with E-state index in [1.165, 1.54) is 0 Å². The Hall–Kier alpha value is -2.87. The van der Waals surface area contributed by atoms with Gasteiger partial charge in [0.2, 0.25) is 0 Å². The fourth-order valence-electron chi connectivity index (χ4n) is 4.30. The van der Waals surface area contributed by atoms with Crippen LogP contribution in [0.2, 0.25) is 0 Å². The Morgan fingerprint density at radius 1 is 0.967 bits per heavy atom. The summed E-state index contributed by atoms with van der Waals surface area (Å²) in [4.78, 5) is 29.1. The number of anilines is 1. The van der Waals surface area contributed by atoms with Crippen molar-refractivity contribution < 1.29 is 9.53 Å². The molecule has 3 aromatic rings. The Morgan fingerprint density at radius 2 is 1.67 bits per heavy atom. The summed E-state index contributed by atoms with van der Waals surface area (Å²) in [6.45, 7) is 4.80. The lowest BCUT2D eigenvalue weighted by atomic mass is 10.1. The van der Waals surface area contributed by atoms with Crippen molar-refractivity contribution in [2.24, 2.45) is 0 Å². The van der Waals surface area contributed by atoms with Crippen LogP contribution in [-0.2, 0) is 0 Å². The van der Waals surface area contributed by atoms with Crippen LogP contribution < -0.4 is 9.64 Å². The van der Waals surface area contributed by atoms with Crippen molar-refractivity contribution in [3.8, 4) is 16.9 Å². The second kappa shape index (κ2) is 8.10. The number of methoxy groups -OCH3 is 1. The van der Waals surface area contributed by atoms with Crippen molar-refractivity contribution in [2.45, 2.75) is 12.8 Å². The van der Waals surface area contributed by atoms with Crippen molar-refractivity contribution >= 4 is 33.4 Å². The Kier molecular flexibility index (Phi) is 5.16. The third-order valence-corrected chi connectivity index (χ3v) is 6.86. The molecule has 0 saturated carbocycles. The highest BCUT2D eigenvalue weighted by atomic mass is 32.1. The van der Waals surface area contributed by atoms with E-state index in [-0.39, 0.29) is 6.03 Å². The summed E-state index contributed by atoms with van der Waals surface area (Å²) in [5, 5.41) is 3.24. The lowest BCUT2D eigenvalue weighted by Gasteiger charge is -2.37. The first-order valence-corrected chi connectivity index (χ1v) is 11.3. The molecule has 0 N–H and O–H groups in total. The molecule has 7 nitrogen and oxygen atoms in total. The second-order valence-corrected chi connectivity index (χ2v) is 8.56. The second-order valence-electron chi connectivity index (χ2n) is 7.71. The van der Waals surface area contributed by atoms with Gasteiger partial charge < -0.3 is 19.4 Å². The van der Waals surface area contributed by atoms with Crippen LogP contribution in [0.5, 0.6) is 5.75 Å². The minimum absolute atomic E-state index is 0.189. The minimum atomic E-state index is 0.189. The summed E-state index contributed by atoms with van der Waals surface area (Å²) in [7, 11) is 1.68. The van der Waals surface area contributed by atoms with Gasteiger partial charge in [-0.2, -0.15) is 0 Å². The van der Waals surface area contributed by atoms with Gasteiger partial charge in [0.15, 0.2) is 0 Å². The highest BCUT2D eigenvalue weighted by Crippen LogP contribution is 2.38. The molecule has 4 heterocycles. The van der Waals surface area contributed by atoms with E-state index in [0.29, 0.717) is 0 Å². The first-order valence-electron chi connectivity index (χ1n) is 10.4. The zero-order chi connectivity index (χ0) is 20.5. The summed E-state index contributed by atoms with van der Waals surface area (Å²) >= 11 is 1.64. The summed E-state index contributed by atoms with van der Waals surface area (Å²) in [5.74, 6) is 1.80. The zero-order valence-electron chi connectivity index (χ0n) is 17.1. The van der Waals surface area contributed by atoms with Gasteiger partial charge in [0.05, 0.1) is 12.5 Å². The lowest BCUT2D eigenvalue weighted by molar-refractivity contribution is 0.159. The predicted octanol–water partition coefficient (Wildman–Crippen LogP) is 3.70. The maximum atomic E-state index is 12.7. The highest BCUT2D eigenvalue weighted by Gasteiger charge is 2.28. The SMILES string of the molecule is COc1ccc(-c2csc3ncnc(N4CCN(C(=O)N5CCCC5)CC4)c23)cc1. The molecule has 0 radical (unpaired) electrons. The molecule has 2 aliphatic heterocycles. The molecule has 2 aromatic heterocycles. The quantitative estimate of drug-likeness (QED) is 0.643. The van der Waals surface area contributed by atoms with Crippen LogP contribution in [0.15, 0.2) is 36.0 Å². The van der Waals surface area contributed by atoms with E-state index in [1.54, 1.807) is 24.8 Å². The normalized spacial score (nSPS) is 17.0. The first-order chi connectivity index (χ1) is 14.7. The summed E-state index contributed by atoms with van der Waals surface area (Å²) in [6, 6.07) is 8.29. The topological polar surface area (TPSA) is 61.8 Å². The molecule has 2 aliphatic rings. The number of hydrogen-bond acceptors (Lipinski definition) is 6. The van der Waals surface area contributed by atoms with Crippen molar-refractivity contribution in [3.63, 3.8) is 0 Å². The summed E-state index contributed by atoms with van der Waals surface area (Å²) in [5.41, 5.74) is 2.27. The van der Waals surface area contributed by atoms with Gasteiger partial charge in [-0.05, 0) is 30.5 Å². The van der Waals surface area contributed by atoms with Crippen LogP contribution in [0.1, 0.15) is 12.8 Å². The van der Waals surface area contributed by atoms with E-state index in [2.05, 4.69) is 32.4 Å². The molecule has 0 atom stereocenters. The number of hydrogen-bond donors (Lipinski definition) is 0. The number of carbonyl (C=O) groups is 1. The summed E-state index contributed by atoms with van der Waals surface area (Å²) in [6.07, 6.45) is 3.89. The van der Waals surface area contributed by atoms with Crippen LogP contribution >= 0.6 is 11.3 Å². The van der Waals surface area contributed by atoms with E-state index in [0.717, 1.165) is 85.0 Å². The molecule has 0 unspecified atom stereocenters. The van der Waals surface area contributed by atoms with Crippen LogP contribution in [-0.4, -0.2) is 72.2 Å². The molecule has 0 bridgehead atoms. The monoisotopic (exact) mass is 423 g/mol. The van der Waals surface area contributed by atoms with E-state index in [9.17, 15) is 4.79 Å². The van der Waals surface area contributed by atoms with Crippen molar-refractivity contribution in [1.29, 1.82) is 0 Å². The molecule has 0 aliphatic carbocycles. The number of aromatic nitrogens is 2. The largest absolute Gasteiger partial charge is 0.497 e. The average Bonchev–Trinajstić information content (AvgIpc) is 3.49. The van der Waals surface area contributed by atoms with E-state index < -0.39 is 0 Å². The Bertz CT molecular complexity index is 1040. The molecule has 2 fully saturated rings. The van der Waals surface area contributed by atoms with Crippen molar-refractivity contribution in [1.82, 2.24) is 19.8 Å². The molecule has 2 saturated heterocycles. The fraction of sp³-hybridized carbons (Fsp3) is 0.409. The smallest absolute Gasteiger partial charge is 0.320 e. The standard InChI is InChI=1S/C22H25N5O2S/c1-29-17-6-4-16(5-7-17)18-14-30-21-19(18)20(23-15-24-21)25-10-12-27(13-11-25)22(28)26-8-2-3-9-26/h4-7,14-15H,2-3,8-13H2,1H3. The number of amides is 2. The molecular weight excluding hydrogens is 398 g/mol. The molecule has 1 aromatic carbocycles. The Balaban J connectivity index is 1.39. The van der Waals surface area contributed by atoms with Gasteiger partial charge in [-0.15, -0.1) is 11.3 Å². The van der Waals surface area contributed by atoms with Gasteiger partial charge in [-0.1, -0.05) is 12.1 Å². The minimum Gasteiger partial charge on any atom is -0.497 e. The highest BCUT2D eigenvalue weighted by molar-refractivity contribution is 7.17. The van der Waals surface area contributed by atoms with Crippen LogP contribution in [0, 0.1) is 0 Å². The molecule has 0 spiro atoms. The molecule has 8 heteroatoms. The maximum Gasteiger partial charge on any atom is 0.320 e. The predicted molar refractivity (Wildman–Crippen MR) is 119 cm³/mol. The van der Waals surface area contributed by atoms with Crippen LogP contribution in [0.4, 0.5) is 10.6 Å². The number of piperazine rings is 1. The van der Waals surface area contributed by atoms with Gasteiger partial charge in [-0.3, -0.25) is 0 Å². The number of thiophene rings is 1. The number of carbonyl (C=O) groups excluding carboxylic acids is 1. The van der Waals surface area contributed by atoms with Crippen molar-refractivity contribution in [3.05, 3.63) is 36.0 Å². The van der Waals surface area contributed by atoms with E-state index in [1.807, 2.05) is 21.9 Å². The van der Waals surface area contributed by atoms with Crippen LogP contribution in [0.25, 0.3) is 21.3 Å². The van der Waals surface area contributed by atoms with Gasteiger partial charge >= 0.3 is 6.03 Å². The number of ether oxygens (including phenoxy) is 1. The summed E-state index contributed by atoms with van der Waals surface area (Å²) < 4.78 is 5.29. The number of rotatable bonds is 3. The molecule has 30 heavy (non-hydrogen) atoms. The Morgan fingerprint density at radius 3 is 2.37 bits per heavy atom. The van der Waals surface area contributed by atoms with Gasteiger partial charge in [-0.25, -0.2) is 14.8 Å². The molecule has 5 rings (SSSR count). The number of urea groups is 1. The third kappa shape index (κ3) is 3.45. The number of likely N-dealkylation sites (tertiary alicyclic amines) is 1. The maximum absolute atomic E-state index is 12.7. The number of nitrogens with zero attached hydrogens (tertiary/aromatic N) is 5. The van der Waals surface area contributed by atoms with E-state index >= 15 is 0 Å². The lowest BCUT2D eigenvalue weighted by Crippen LogP contribution is -2.52. The molecular formula is C22H25N5O2S. The van der Waals surface area contributed by atoms with Gasteiger partial charge in [0.25, 0.3) is 0 Å². The number of benzene rings is 1. The zero-order valence-corrected chi connectivity index (χ0v) is 17.9. The van der Waals surface area contributed by atoms with Gasteiger partial charge in [0, 0.05) is 50.2 Å². The van der Waals surface area contributed by atoms with E-state index in [4.69, 9.17) is 4.74 Å². The van der Waals surface area contributed by atoms with Crippen molar-refractivity contribution in [2.75, 3.05) is 51.3 Å². The first kappa shape index (κ1) is 19.1. The van der Waals surface area contributed by atoms with Gasteiger partial charge in [0.1, 0.15) is 22.7 Å². The Labute approximate surface area is 179 Å². The number of fused-ring (bicyclic) bond motifs is 1. The van der Waals surface area contributed by atoms with Crippen LogP contribution in [0.3, 0.4) is 0 Å². The third-order valence-electron chi connectivity index (χ3n) is 5.98. The molecule has 2 amide bonds. The molecule has 156 valence electrons.